The summed E-state index contributed by atoms with van der Waals surface area (Å²) in [6, 6.07) is 9.68. The predicted octanol–water partition coefficient (Wildman–Crippen LogP) is 3.28. The average Bonchev–Trinajstić information content (AvgIpc) is 2.93. The van der Waals surface area contributed by atoms with Crippen LogP contribution in [0.4, 0.5) is 0 Å². The monoisotopic (exact) mass is 341 g/mol. The van der Waals surface area contributed by atoms with Gasteiger partial charge in [0.1, 0.15) is 4.83 Å². The van der Waals surface area contributed by atoms with Crippen molar-refractivity contribution in [2.75, 3.05) is 0 Å². The summed E-state index contributed by atoms with van der Waals surface area (Å²) in [6.07, 6.45) is 1.54. The molecule has 1 amide bonds. The van der Waals surface area contributed by atoms with Gasteiger partial charge in [0.2, 0.25) is 0 Å². The van der Waals surface area contributed by atoms with Crippen molar-refractivity contribution < 1.29 is 4.79 Å². The van der Waals surface area contributed by atoms with E-state index in [0.29, 0.717) is 27.2 Å². The van der Waals surface area contributed by atoms with Gasteiger partial charge in [-0.05, 0) is 31.9 Å². The minimum absolute atomic E-state index is 0.0913. The summed E-state index contributed by atoms with van der Waals surface area (Å²) < 4.78 is 1.55. The molecule has 0 aliphatic carbocycles. The lowest BCUT2D eigenvalue weighted by atomic mass is 10.1. The van der Waals surface area contributed by atoms with Crippen molar-refractivity contribution in [2.24, 2.45) is 0 Å². The molecule has 1 atom stereocenters. The lowest BCUT2D eigenvalue weighted by Crippen LogP contribution is -2.26. The standard InChI is InChI=1S/C18H19N3O2S/c1-4-21-10-19-17-14(18(21)23)11(2)15(24-17)16(22)20-12(3)13-8-6-5-7-9-13/h5-10,12H,4H2,1-3H3,(H,20,22). The highest BCUT2D eigenvalue weighted by Gasteiger charge is 2.20. The minimum atomic E-state index is -0.172. The number of thiophene rings is 1. The van der Waals surface area contributed by atoms with E-state index >= 15 is 0 Å². The van der Waals surface area contributed by atoms with E-state index in [-0.39, 0.29) is 17.5 Å². The Hall–Kier alpha value is -2.47. The molecule has 0 aliphatic rings. The summed E-state index contributed by atoms with van der Waals surface area (Å²) in [7, 11) is 0. The molecule has 124 valence electrons. The van der Waals surface area contributed by atoms with Crippen LogP contribution in [0.1, 0.15) is 40.7 Å². The number of hydrogen-bond acceptors (Lipinski definition) is 4. The van der Waals surface area contributed by atoms with E-state index in [1.54, 1.807) is 4.57 Å². The van der Waals surface area contributed by atoms with Gasteiger partial charge in [0.05, 0.1) is 22.6 Å². The lowest BCUT2D eigenvalue weighted by molar-refractivity contribution is 0.0943. The molecule has 2 heterocycles. The van der Waals surface area contributed by atoms with E-state index in [1.807, 2.05) is 51.1 Å². The zero-order chi connectivity index (χ0) is 17.3. The third kappa shape index (κ3) is 2.85. The van der Waals surface area contributed by atoms with Gasteiger partial charge in [-0.25, -0.2) is 4.98 Å². The van der Waals surface area contributed by atoms with Crippen LogP contribution in [0.5, 0.6) is 0 Å². The zero-order valence-electron chi connectivity index (χ0n) is 13.9. The fraction of sp³-hybridized carbons (Fsp3) is 0.278. The largest absolute Gasteiger partial charge is 0.345 e. The van der Waals surface area contributed by atoms with Crippen molar-refractivity contribution in [3.05, 3.63) is 63.0 Å². The van der Waals surface area contributed by atoms with Crippen molar-refractivity contribution >= 4 is 27.5 Å². The van der Waals surface area contributed by atoms with Gasteiger partial charge in [-0.3, -0.25) is 14.2 Å². The van der Waals surface area contributed by atoms with Crippen molar-refractivity contribution in [1.82, 2.24) is 14.9 Å². The maximum atomic E-state index is 12.6. The second-order valence-corrected chi connectivity index (χ2v) is 6.68. The molecule has 1 N–H and O–H groups in total. The van der Waals surface area contributed by atoms with Crippen LogP contribution in [-0.4, -0.2) is 15.5 Å². The third-order valence-electron chi connectivity index (χ3n) is 4.11. The van der Waals surface area contributed by atoms with Gasteiger partial charge in [0.15, 0.2) is 0 Å². The first kappa shape index (κ1) is 16.4. The van der Waals surface area contributed by atoms with E-state index in [0.717, 1.165) is 5.56 Å². The first-order chi connectivity index (χ1) is 11.5. The second-order valence-electron chi connectivity index (χ2n) is 5.68. The normalized spacial score (nSPS) is 12.3. The molecule has 0 bridgehead atoms. The summed E-state index contributed by atoms with van der Waals surface area (Å²) in [6.45, 7) is 6.21. The van der Waals surface area contributed by atoms with E-state index < -0.39 is 0 Å². The molecule has 0 saturated carbocycles. The van der Waals surface area contributed by atoms with Crippen LogP contribution < -0.4 is 10.9 Å². The highest BCUT2D eigenvalue weighted by Crippen LogP contribution is 2.27. The number of amides is 1. The van der Waals surface area contributed by atoms with Gasteiger partial charge in [0, 0.05) is 6.54 Å². The van der Waals surface area contributed by atoms with Crippen LogP contribution in [0.15, 0.2) is 41.5 Å². The maximum absolute atomic E-state index is 12.6. The number of nitrogens with one attached hydrogen (secondary N) is 1. The molecule has 0 spiro atoms. The van der Waals surface area contributed by atoms with Gasteiger partial charge in [-0.15, -0.1) is 11.3 Å². The molecule has 2 aromatic heterocycles. The number of aryl methyl sites for hydroxylation is 2. The molecule has 24 heavy (non-hydrogen) atoms. The van der Waals surface area contributed by atoms with Gasteiger partial charge in [-0.1, -0.05) is 30.3 Å². The Kier molecular flexibility index (Phi) is 4.49. The van der Waals surface area contributed by atoms with Crippen molar-refractivity contribution in [3.63, 3.8) is 0 Å². The quantitative estimate of drug-likeness (QED) is 0.792. The van der Waals surface area contributed by atoms with Crippen LogP contribution in [0.25, 0.3) is 10.2 Å². The summed E-state index contributed by atoms with van der Waals surface area (Å²) in [5.41, 5.74) is 1.65. The number of hydrogen-bond donors (Lipinski definition) is 1. The molecular formula is C18H19N3O2S. The summed E-state index contributed by atoms with van der Waals surface area (Å²) in [4.78, 5) is 30.6. The van der Waals surface area contributed by atoms with E-state index in [4.69, 9.17) is 0 Å². The van der Waals surface area contributed by atoms with Crippen LogP contribution >= 0.6 is 11.3 Å². The smallest absolute Gasteiger partial charge is 0.262 e. The van der Waals surface area contributed by atoms with E-state index in [1.165, 1.54) is 17.7 Å². The Bertz CT molecular complexity index is 944. The Labute approximate surface area is 144 Å². The first-order valence-electron chi connectivity index (χ1n) is 7.87. The maximum Gasteiger partial charge on any atom is 0.262 e. The molecule has 0 saturated heterocycles. The number of carbonyl (C=O) groups excluding carboxylic acids is 1. The van der Waals surface area contributed by atoms with Crippen LogP contribution in [0.3, 0.4) is 0 Å². The molecule has 0 aliphatic heterocycles. The second kappa shape index (κ2) is 6.57. The third-order valence-corrected chi connectivity index (χ3v) is 5.31. The molecular weight excluding hydrogens is 322 g/mol. The van der Waals surface area contributed by atoms with Crippen molar-refractivity contribution in [3.8, 4) is 0 Å². The molecule has 3 rings (SSSR count). The molecule has 1 aromatic carbocycles. The average molecular weight is 341 g/mol. The Morgan fingerprint density at radius 1 is 1.33 bits per heavy atom. The topological polar surface area (TPSA) is 64.0 Å². The highest BCUT2D eigenvalue weighted by atomic mass is 32.1. The number of rotatable bonds is 4. The number of fused-ring (bicyclic) bond motifs is 1. The number of carbonyl (C=O) groups is 1. The Morgan fingerprint density at radius 2 is 2.04 bits per heavy atom. The predicted molar refractivity (Wildman–Crippen MR) is 96.6 cm³/mol. The van der Waals surface area contributed by atoms with Gasteiger partial charge < -0.3 is 5.32 Å². The zero-order valence-corrected chi connectivity index (χ0v) is 14.7. The lowest BCUT2D eigenvalue weighted by Gasteiger charge is -2.13. The van der Waals surface area contributed by atoms with Crippen LogP contribution in [0, 0.1) is 6.92 Å². The minimum Gasteiger partial charge on any atom is -0.345 e. The Balaban J connectivity index is 1.95. The fourth-order valence-electron chi connectivity index (χ4n) is 2.69. The van der Waals surface area contributed by atoms with Crippen LogP contribution in [-0.2, 0) is 6.54 Å². The summed E-state index contributed by atoms with van der Waals surface area (Å²) >= 11 is 1.27. The summed E-state index contributed by atoms with van der Waals surface area (Å²) in [5, 5.41) is 3.54. The number of benzene rings is 1. The van der Waals surface area contributed by atoms with Crippen molar-refractivity contribution in [1.29, 1.82) is 0 Å². The first-order valence-corrected chi connectivity index (χ1v) is 8.69. The van der Waals surface area contributed by atoms with Crippen molar-refractivity contribution in [2.45, 2.75) is 33.4 Å². The molecule has 5 nitrogen and oxygen atoms in total. The van der Waals surface area contributed by atoms with E-state index in [9.17, 15) is 9.59 Å². The molecule has 0 fully saturated rings. The van der Waals surface area contributed by atoms with E-state index in [2.05, 4.69) is 10.3 Å². The Morgan fingerprint density at radius 3 is 2.71 bits per heavy atom. The molecule has 1 unspecified atom stereocenters. The van der Waals surface area contributed by atoms with Gasteiger partial charge in [-0.2, -0.15) is 0 Å². The molecule has 3 aromatic rings. The van der Waals surface area contributed by atoms with Gasteiger partial charge >= 0.3 is 0 Å². The summed E-state index contributed by atoms with van der Waals surface area (Å²) in [5.74, 6) is -0.172. The molecule has 0 radical (unpaired) electrons. The highest BCUT2D eigenvalue weighted by molar-refractivity contribution is 7.20. The van der Waals surface area contributed by atoms with Crippen LogP contribution in [0.2, 0.25) is 0 Å². The SMILES string of the molecule is CCn1cnc2sc(C(=O)NC(C)c3ccccc3)c(C)c2c1=O. The fourth-order valence-corrected chi connectivity index (χ4v) is 3.73. The van der Waals surface area contributed by atoms with Gasteiger partial charge in [0.25, 0.3) is 11.5 Å². The molecule has 6 heteroatoms. The number of nitrogens with zero attached hydrogens (tertiary/aromatic N) is 2. The number of aromatic nitrogens is 2.